The summed E-state index contributed by atoms with van der Waals surface area (Å²) in [5.74, 6) is -0.150. The Balaban J connectivity index is 1.48. The van der Waals surface area contributed by atoms with Gasteiger partial charge >= 0.3 is 0 Å². The topological polar surface area (TPSA) is 72.7 Å². The van der Waals surface area contributed by atoms with Gasteiger partial charge < -0.3 is 5.32 Å². The van der Waals surface area contributed by atoms with Gasteiger partial charge in [-0.05, 0) is 47.4 Å². The average molecular weight is 321 g/mol. The Morgan fingerprint density at radius 1 is 1.50 bits per heavy atom. The smallest absolute Gasteiger partial charge is 0.230 e. The predicted octanol–water partition coefficient (Wildman–Crippen LogP) is 1.86. The normalized spacial score (nSPS) is 14.1. The number of aryl methyl sites for hydroxylation is 1. The molecule has 1 aliphatic carbocycles. The highest BCUT2D eigenvalue weighted by Gasteiger charge is 2.28. The SMILES string of the molecule is Cc1ccc(CNC(=O)CSc2nnnn2C2CC2)cc1F. The van der Waals surface area contributed by atoms with E-state index in [-0.39, 0.29) is 17.5 Å². The zero-order valence-electron chi connectivity index (χ0n) is 12.1. The number of aromatic nitrogens is 4. The van der Waals surface area contributed by atoms with Crippen molar-refractivity contribution < 1.29 is 9.18 Å². The first-order valence-electron chi connectivity index (χ1n) is 7.06. The first kappa shape index (κ1) is 15.0. The summed E-state index contributed by atoms with van der Waals surface area (Å²) in [7, 11) is 0. The summed E-state index contributed by atoms with van der Waals surface area (Å²) in [6, 6.07) is 5.33. The summed E-state index contributed by atoms with van der Waals surface area (Å²) in [4.78, 5) is 11.9. The van der Waals surface area contributed by atoms with E-state index in [1.807, 2.05) is 0 Å². The van der Waals surface area contributed by atoms with E-state index < -0.39 is 0 Å². The quantitative estimate of drug-likeness (QED) is 0.822. The van der Waals surface area contributed by atoms with Crippen molar-refractivity contribution in [1.29, 1.82) is 0 Å². The van der Waals surface area contributed by atoms with Crippen LogP contribution in [0.15, 0.2) is 23.4 Å². The van der Waals surface area contributed by atoms with Crippen LogP contribution in [0.5, 0.6) is 0 Å². The molecule has 116 valence electrons. The molecule has 0 radical (unpaired) electrons. The van der Waals surface area contributed by atoms with Crippen LogP contribution in [0.25, 0.3) is 0 Å². The minimum absolute atomic E-state index is 0.128. The molecule has 1 aromatic carbocycles. The van der Waals surface area contributed by atoms with Crippen molar-refractivity contribution in [2.75, 3.05) is 5.75 Å². The number of nitrogens with zero attached hydrogens (tertiary/aromatic N) is 4. The standard InChI is InChI=1S/C14H16FN5OS/c1-9-2-3-10(6-12(9)15)7-16-13(21)8-22-14-17-18-19-20(14)11-4-5-11/h2-3,6,11H,4-5,7-8H2,1H3,(H,16,21). The first-order chi connectivity index (χ1) is 10.6. The number of hydrogen-bond acceptors (Lipinski definition) is 5. The molecule has 1 amide bonds. The van der Waals surface area contributed by atoms with Crippen LogP contribution in [0.3, 0.4) is 0 Å². The van der Waals surface area contributed by atoms with Gasteiger partial charge in [0.15, 0.2) is 0 Å². The third-order valence-corrected chi connectivity index (χ3v) is 4.35. The summed E-state index contributed by atoms with van der Waals surface area (Å²) in [5, 5.41) is 14.9. The molecule has 1 fully saturated rings. The second-order valence-corrected chi connectivity index (χ2v) is 6.23. The number of rotatable bonds is 6. The Kier molecular flexibility index (Phi) is 4.37. The molecule has 0 atom stereocenters. The van der Waals surface area contributed by atoms with E-state index in [2.05, 4.69) is 20.8 Å². The van der Waals surface area contributed by atoms with Gasteiger partial charge in [-0.25, -0.2) is 9.07 Å². The van der Waals surface area contributed by atoms with Crippen LogP contribution < -0.4 is 5.32 Å². The number of hydrogen-bond donors (Lipinski definition) is 1. The van der Waals surface area contributed by atoms with E-state index >= 15 is 0 Å². The van der Waals surface area contributed by atoms with E-state index in [4.69, 9.17) is 0 Å². The number of tetrazole rings is 1. The van der Waals surface area contributed by atoms with Gasteiger partial charge in [0, 0.05) is 6.54 Å². The Hall–Kier alpha value is -1.96. The van der Waals surface area contributed by atoms with E-state index in [9.17, 15) is 9.18 Å². The van der Waals surface area contributed by atoms with Crippen LogP contribution in [-0.2, 0) is 11.3 Å². The molecule has 0 saturated heterocycles. The molecule has 1 N–H and O–H groups in total. The van der Waals surface area contributed by atoms with Gasteiger partial charge in [-0.1, -0.05) is 23.9 Å². The molecule has 6 nitrogen and oxygen atoms in total. The zero-order valence-corrected chi connectivity index (χ0v) is 12.9. The fraction of sp³-hybridized carbons (Fsp3) is 0.429. The van der Waals surface area contributed by atoms with Gasteiger partial charge in [-0.15, -0.1) is 5.10 Å². The lowest BCUT2D eigenvalue weighted by atomic mass is 10.1. The average Bonchev–Trinajstić information content (AvgIpc) is 3.25. The molecular weight excluding hydrogens is 305 g/mol. The first-order valence-corrected chi connectivity index (χ1v) is 8.04. The maximum atomic E-state index is 13.4. The van der Waals surface area contributed by atoms with Crippen LogP contribution in [0.2, 0.25) is 0 Å². The van der Waals surface area contributed by atoms with E-state index in [0.29, 0.717) is 23.3 Å². The summed E-state index contributed by atoms with van der Waals surface area (Å²) in [6.45, 7) is 2.02. The van der Waals surface area contributed by atoms with Crippen molar-refractivity contribution in [1.82, 2.24) is 25.5 Å². The Bertz CT molecular complexity index is 686. The summed E-state index contributed by atoms with van der Waals surface area (Å²) >= 11 is 1.31. The van der Waals surface area contributed by atoms with Crippen LogP contribution in [0.1, 0.15) is 30.0 Å². The van der Waals surface area contributed by atoms with Gasteiger partial charge in [0.2, 0.25) is 11.1 Å². The van der Waals surface area contributed by atoms with E-state index in [1.54, 1.807) is 23.7 Å². The predicted molar refractivity (Wildman–Crippen MR) is 79.8 cm³/mol. The Morgan fingerprint density at radius 2 is 2.32 bits per heavy atom. The molecule has 3 rings (SSSR count). The maximum absolute atomic E-state index is 13.4. The maximum Gasteiger partial charge on any atom is 0.230 e. The van der Waals surface area contributed by atoms with Gasteiger partial charge in [-0.2, -0.15) is 0 Å². The molecule has 8 heteroatoms. The molecule has 2 aromatic rings. The number of thioether (sulfide) groups is 1. The highest BCUT2D eigenvalue weighted by Crippen LogP contribution is 2.36. The lowest BCUT2D eigenvalue weighted by molar-refractivity contribution is -0.118. The third-order valence-electron chi connectivity index (χ3n) is 3.41. The van der Waals surface area contributed by atoms with E-state index in [1.165, 1.54) is 17.8 Å². The third kappa shape index (κ3) is 3.62. The largest absolute Gasteiger partial charge is 0.351 e. The molecule has 1 heterocycles. The van der Waals surface area contributed by atoms with Crippen LogP contribution in [-0.4, -0.2) is 31.9 Å². The lowest BCUT2D eigenvalue weighted by Crippen LogP contribution is -2.24. The van der Waals surface area contributed by atoms with Crippen molar-refractivity contribution in [2.24, 2.45) is 0 Å². The summed E-state index contributed by atoms with van der Waals surface area (Å²) in [5.41, 5.74) is 1.34. The number of halogens is 1. The molecule has 1 aliphatic rings. The summed E-state index contributed by atoms with van der Waals surface area (Å²) < 4.78 is 15.2. The van der Waals surface area contributed by atoms with Gasteiger partial charge in [0.25, 0.3) is 0 Å². The van der Waals surface area contributed by atoms with Crippen LogP contribution in [0, 0.1) is 12.7 Å². The van der Waals surface area contributed by atoms with Crippen LogP contribution >= 0.6 is 11.8 Å². The fourth-order valence-corrected chi connectivity index (χ4v) is 2.73. The minimum atomic E-state index is -0.260. The molecule has 1 saturated carbocycles. The molecule has 1 aromatic heterocycles. The van der Waals surface area contributed by atoms with Crippen molar-refractivity contribution in [3.8, 4) is 0 Å². The fourth-order valence-electron chi connectivity index (χ4n) is 1.96. The highest BCUT2D eigenvalue weighted by molar-refractivity contribution is 7.99. The van der Waals surface area contributed by atoms with Crippen molar-refractivity contribution in [2.45, 2.75) is 37.5 Å². The number of nitrogens with one attached hydrogen (secondary N) is 1. The number of carbonyl (C=O) groups is 1. The Morgan fingerprint density at radius 3 is 3.05 bits per heavy atom. The van der Waals surface area contributed by atoms with Gasteiger partial charge in [-0.3, -0.25) is 4.79 Å². The van der Waals surface area contributed by atoms with E-state index in [0.717, 1.165) is 18.4 Å². The number of amides is 1. The van der Waals surface area contributed by atoms with Gasteiger partial charge in [0.05, 0.1) is 11.8 Å². The minimum Gasteiger partial charge on any atom is -0.351 e. The number of benzene rings is 1. The van der Waals surface area contributed by atoms with Crippen molar-refractivity contribution in [3.63, 3.8) is 0 Å². The lowest BCUT2D eigenvalue weighted by Gasteiger charge is -2.06. The second kappa shape index (κ2) is 6.43. The molecule has 0 aliphatic heterocycles. The molecule has 0 unspecified atom stereocenters. The molecule has 22 heavy (non-hydrogen) atoms. The number of carbonyl (C=O) groups excluding carboxylic acids is 1. The van der Waals surface area contributed by atoms with Crippen LogP contribution in [0.4, 0.5) is 4.39 Å². The highest BCUT2D eigenvalue weighted by atomic mass is 32.2. The zero-order chi connectivity index (χ0) is 15.5. The van der Waals surface area contributed by atoms with Gasteiger partial charge in [0.1, 0.15) is 5.82 Å². The molecular formula is C14H16FN5OS. The summed E-state index contributed by atoms with van der Waals surface area (Å²) in [6.07, 6.45) is 2.17. The Labute approximate surface area is 131 Å². The molecule has 0 bridgehead atoms. The second-order valence-electron chi connectivity index (χ2n) is 5.29. The van der Waals surface area contributed by atoms with Crippen molar-refractivity contribution in [3.05, 3.63) is 35.1 Å². The monoisotopic (exact) mass is 321 g/mol. The van der Waals surface area contributed by atoms with Crippen molar-refractivity contribution >= 4 is 17.7 Å². The molecule has 0 spiro atoms.